The van der Waals surface area contributed by atoms with Crippen LogP contribution in [-0.2, 0) is 71.0 Å². The zero-order chi connectivity index (χ0) is 88.6. The maximum absolute atomic E-state index is 15.1. The van der Waals surface area contributed by atoms with Crippen LogP contribution in [0.15, 0.2) is 25.3 Å². The average Bonchev–Trinajstić information content (AvgIpc) is 1.62. The van der Waals surface area contributed by atoms with E-state index in [-0.39, 0.29) is 68.8 Å². The minimum absolute atomic E-state index is 0. The van der Waals surface area contributed by atoms with Crippen molar-refractivity contribution in [2.45, 2.75) is 281 Å². The van der Waals surface area contributed by atoms with Gasteiger partial charge in [-0.1, -0.05) is 86.5 Å². The summed E-state index contributed by atoms with van der Waals surface area (Å²) in [6, 6.07) is 1.21. The summed E-state index contributed by atoms with van der Waals surface area (Å²) >= 11 is 20.0. The molecule has 690 valence electrons. The van der Waals surface area contributed by atoms with Gasteiger partial charge in [-0.05, 0) is 109 Å². The minimum Gasteiger partial charge on any atom is -0.394 e. The molecule has 51 heteroatoms. The molecule has 0 radical (unpaired) electrons. The molecule has 4 saturated carbocycles. The van der Waals surface area contributed by atoms with Crippen molar-refractivity contribution in [3.05, 3.63) is 48.6 Å². The van der Waals surface area contributed by atoms with Crippen LogP contribution < -0.4 is 21.3 Å². The van der Waals surface area contributed by atoms with Gasteiger partial charge in [-0.2, -0.15) is 0 Å². The number of nitrogens with one attached hydrogen (secondary N) is 4. The summed E-state index contributed by atoms with van der Waals surface area (Å²) in [7, 11) is -6.51. The molecule has 4 saturated heterocycles. The molecule has 0 amide bonds. The number of aliphatic hydroxyl groups is 4. The topological polar surface area (TPSA) is 514 Å². The predicted molar refractivity (Wildman–Crippen MR) is 454 cm³/mol. The smallest absolute Gasteiger partial charge is 0.340 e. The van der Waals surface area contributed by atoms with Gasteiger partial charge in [0.25, 0.3) is 11.7 Å². The first-order valence-corrected chi connectivity index (χ1v) is 51.7. The van der Waals surface area contributed by atoms with Gasteiger partial charge in [0.1, 0.15) is 50.1 Å². The monoisotopic (exact) mass is 1910 g/mol. The second kappa shape index (κ2) is 43.4. The van der Waals surface area contributed by atoms with Gasteiger partial charge in [0.05, 0.1) is 50.7 Å². The van der Waals surface area contributed by atoms with Gasteiger partial charge in [0, 0.05) is 50.2 Å². The van der Waals surface area contributed by atoms with Crippen molar-refractivity contribution in [1.82, 2.24) is 78.1 Å². The number of nitrogens with zero attached hydrogens (tertiary/aromatic N) is 16. The van der Waals surface area contributed by atoms with Crippen LogP contribution in [0.3, 0.4) is 0 Å². The first-order chi connectivity index (χ1) is 58.5. The number of rotatable bonds is 28. The molecule has 124 heavy (non-hydrogen) atoms. The fourth-order valence-corrected chi connectivity index (χ4v) is 27.9. The molecule has 8 aromatic heterocycles. The highest BCUT2D eigenvalue weighted by Gasteiger charge is 2.50. The highest BCUT2D eigenvalue weighted by Crippen LogP contribution is 2.72. The Hall–Kier alpha value is -5.69. The van der Waals surface area contributed by atoms with Crippen LogP contribution in [-0.4, -0.2) is 244 Å². The molecule has 12 heterocycles. The number of carbonyl (C=O) groups excluding carboxylic acids is 1. The fourth-order valence-electron chi connectivity index (χ4n) is 16.4. The molecule has 11 N–H and O–H groups in total. The van der Waals surface area contributed by atoms with Crippen LogP contribution in [0.1, 0.15) is 204 Å². The number of imidazole rings is 4. The molecule has 39 nitrogen and oxygen atoms in total. The van der Waals surface area contributed by atoms with E-state index in [4.69, 9.17) is 87.7 Å². The van der Waals surface area contributed by atoms with Crippen LogP contribution in [0.25, 0.3) is 44.7 Å². The van der Waals surface area contributed by atoms with Crippen molar-refractivity contribution in [2.24, 2.45) is 11.8 Å². The van der Waals surface area contributed by atoms with Gasteiger partial charge < -0.3 is 89.3 Å². The Morgan fingerprint density at radius 1 is 0.476 bits per heavy atom. The number of carbonyl (C=O) groups is 1. The Bertz CT molecular complexity index is 5070. The van der Waals surface area contributed by atoms with Crippen molar-refractivity contribution in [3.63, 3.8) is 0 Å². The molecule has 4 aliphatic heterocycles. The van der Waals surface area contributed by atoms with Crippen LogP contribution in [0.2, 0.25) is 0 Å². The number of halogens is 8. The number of methoxy groups -OCH3 is 2. The zero-order valence-electron chi connectivity index (χ0n) is 68.1. The van der Waals surface area contributed by atoms with E-state index in [1.807, 2.05) is 27.7 Å². The van der Waals surface area contributed by atoms with Crippen molar-refractivity contribution in [2.75, 3.05) is 60.5 Å². The van der Waals surface area contributed by atoms with E-state index in [1.165, 1.54) is 73.8 Å². The number of hydrogen-bond acceptors (Lipinski definition) is 32. The Labute approximate surface area is 730 Å². The number of alkyl halides is 4. The van der Waals surface area contributed by atoms with Crippen LogP contribution in [0.5, 0.6) is 0 Å². The number of fused-ring (bicyclic) bond motifs is 4. The number of ether oxygens (including phenoxy) is 6. The molecule has 8 aromatic rings. The van der Waals surface area contributed by atoms with Crippen molar-refractivity contribution >= 4 is 146 Å². The number of anilines is 4. The van der Waals surface area contributed by atoms with E-state index >= 15 is 4.39 Å². The largest absolute Gasteiger partial charge is 0.394 e. The van der Waals surface area contributed by atoms with Gasteiger partial charge in [-0.3, -0.25) is 41.3 Å². The van der Waals surface area contributed by atoms with Crippen LogP contribution in [0.4, 0.5) is 40.8 Å². The molecule has 4 aliphatic carbocycles. The number of aldehydes is 1. The van der Waals surface area contributed by atoms with Gasteiger partial charge in [-0.25, -0.2) is 77.4 Å². The highest BCUT2D eigenvalue weighted by atomic mass is 35.9. The number of aromatic nitrogens is 16. The molecule has 1 unspecified atom stereocenters. The standard InChI is InChI=1S/C18H28FN5O9P2.C18H26FN5O2.C18H24FN5O2.C17H24FN5O4.CH2Cl4O2P2.CH4/c1-31-7-12-22-16(21-10-4-2-3-5-10)14-17(23-12)24(8-20-14)18-13(19)15(25)11(33-18)6-32-35(29,30)9-34(26,27)28;2*1-3-12-10(2)14(19)18(26-12)24-9-20-15-16(21-11-6-4-5-7-11)22-13(8-25)23-17(15)24;1-26-7-11-21-15(20-9-4-2-3-5-9)13-16(22-11)23(8-19-13)17-12(18)14(25)10(6-24)27-17;2-8(3,6)1-9(4,5)7;/h8,10-11,13,15,18,25H,2-7,9H2,1H3,(H,29,30)(H,21,22,23)(H2,26,27,28);9-12,14,18,25H,3-8H2,1-2H3,(H,21,22,23);8-12,14,18H,3-7H2,1-2H3,(H,21,22,23);8-10,12,14,17,24-25H,2-7H2,1H3,(H,20,21,22);1H2;1H4/t11-,13+,15-,18-;2*10-,12-,14+,18-;10-,12+,14-,17-;;/m1111../s1. The summed E-state index contributed by atoms with van der Waals surface area (Å²) in [6.45, 7) is 6.49. The number of aliphatic hydroxyl groups excluding tert-OH is 4. The van der Waals surface area contributed by atoms with Crippen molar-refractivity contribution in [3.8, 4) is 0 Å². The van der Waals surface area contributed by atoms with Gasteiger partial charge in [0.15, 0.2) is 153 Å². The quantitative estimate of drug-likeness (QED) is 0.0123. The predicted octanol–water partition coefficient (Wildman–Crippen LogP) is 13.3. The van der Waals surface area contributed by atoms with E-state index < -0.39 is 126 Å². The summed E-state index contributed by atoms with van der Waals surface area (Å²) < 4.78 is 147. The molecular weight excluding hydrogens is 1800 g/mol. The normalized spacial score (nSPS) is 27.5. The molecule has 8 fully saturated rings. The van der Waals surface area contributed by atoms with Crippen molar-refractivity contribution in [1.29, 1.82) is 0 Å². The lowest BCUT2D eigenvalue weighted by Gasteiger charge is -2.18. The molecule has 0 spiro atoms. The van der Waals surface area contributed by atoms with E-state index in [0.29, 0.717) is 104 Å². The summed E-state index contributed by atoms with van der Waals surface area (Å²) in [4.78, 5) is 91.5. The molecule has 17 atom stereocenters. The molecule has 0 bridgehead atoms. The summed E-state index contributed by atoms with van der Waals surface area (Å²) in [5.74, 6) is -5.73. The Kier molecular flexibility index (Phi) is 34.6. The Balaban J connectivity index is 0.000000156. The highest BCUT2D eigenvalue weighted by molar-refractivity contribution is 8.21. The third kappa shape index (κ3) is 24.3. The Morgan fingerprint density at radius 2 is 0.790 bits per heavy atom. The maximum atomic E-state index is 15.1. The fraction of sp³-hybridized carbons (Fsp3) is 0.712. The zero-order valence-corrected chi connectivity index (χ0v) is 74.7. The van der Waals surface area contributed by atoms with Gasteiger partial charge in [-0.15, -0.1) is 0 Å². The lowest BCUT2D eigenvalue weighted by molar-refractivity contribution is -0.0459. The lowest BCUT2D eigenvalue weighted by atomic mass is 10.00. The van der Waals surface area contributed by atoms with E-state index in [9.17, 15) is 61.5 Å². The molecule has 16 rings (SSSR count). The third-order valence-electron chi connectivity index (χ3n) is 22.6. The van der Waals surface area contributed by atoms with Crippen LogP contribution in [0, 0.1) is 11.8 Å². The van der Waals surface area contributed by atoms with E-state index in [2.05, 4.69) is 81.1 Å². The summed E-state index contributed by atoms with van der Waals surface area (Å²) in [5, 5.41) is 52.7. The second-order valence-electron chi connectivity index (χ2n) is 31.6. The van der Waals surface area contributed by atoms with Crippen LogP contribution >= 0.6 is 71.8 Å². The van der Waals surface area contributed by atoms with E-state index in [1.54, 1.807) is 22.6 Å². The summed E-state index contributed by atoms with van der Waals surface area (Å²) in [6.07, 6.45) is 9.84. The maximum Gasteiger partial charge on any atom is 0.340 e. The van der Waals surface area contributed by atoms with E-state index in [0.717, 1.165) is 77.0 Å². The SMILES string of the molecule is C.CC[C@H]1O[C@@H](n2cnc3c(NC4CCCC4)nc(C=O)nc32)[C@@H](F)[C@@H]1C.CC[C@H]1O[C@@H](n2cnc3c(NC4CCCC4)nc(CO)nc32)[C@@H](F)[C@@H]1C.COCc1nc(NC2CCCC2)c2ncn([C@@H]3O[C@H](CO)[C@@H](O)[C@@H]3F)c2n1.COCc1nc(NC2CCCC2)c2ncn([C@@H]3O[C@H](COP(=O)(O)CP(=O)(O)O)[C@@H](O)[C@@H]3F)c2n1.O=P(Cl)(Cl)CP(=O)(Cl)Cl. The second-order valence-corrected chi connectivity index (χ2v) is 46.6. The van der Waals surface area contributed by atoms with Crippen molar-refractivity contribution < 1.29 is 109 Å². The van der Waals surface area contributed by atoms with Gasteiger partial charge in [0.2, 0.25) is 0 Å². The first-order valence-electron chi connectivity index (χ1n) is 40.7. The Morgan fingerprint density at radius 3 is 1.09 bits per heavy atom. The molecule has 0 aromatic carbocycles. The summed E-state index contributed by atoms with van der Waals surface area (Å²) in [5.41, 5.74) is 3.60. The minimum atomic E-state index is -4.84. The molecular formula is C73H108Cl4F4N20O19P4. The lowest BCUT2D eigenvalue weighted by Crippen LogP contribution is -2.31. The first kappa shape index (κ1) is 98.9. The molecule has 8 aliphatic rings. The third-order valence-corrected chi connectivity index (χ3v) is 32.5. The number of hydrogen-bond donors (Lipinski definition) is 11. The average molecular weight is 1910 g/mol. The van der Waals surface area contributed by atoms with Gasteiger partial charge >= 0.3 is 15.2 Å².